The molecule has 0 amide bonds. The van der Waals surface area contributed by atoms with Crippen molar-refractivity contribution in [2.24, 2.45) is 17.8 Å². The van der Waals surface area contributed by atoms with E-state index in [1.807, 2.05) is 0 Å². The van der Waals surface area contributed by atoms with Gasteiger partial charge in [-0.1, -0.05) is 241 Å². The summed E-state index contributed by atoms with van der Waals surface area (Å²) in [5.74, 6) is 1.61. The van der Waals surface area contributed by atoms with Gasteiger partial charge in [0.25, 0.3) is 0 Å². The normalized spacial score (nSPS) is 12.6. The molecule has 0 aromatic heterocycles. The van der Waals surface area contributed by atoms with E-state index in [1.54, 1.807) is 0 Å². The highest BCUT2D eigenvalue weighted by Crippen LogP contribution is 2.18. The van der Waals surface area contributed by atoms with Crippen LogP contribution in [0.1, 0.15) is 279 Å². The summed E-state index contributed by atoms with van der Waals surface area (Å²) in [6, 6.07) is 0. The first-order valence-electron chi connectivity index (χ1n) is 25.6. The van der Waals surface area contributed by atoms with Crippen molar-refractivity contribution in [2.45, 2.75) is 285 Å². The molecular weight excluding hydrogens is 721 g/mol. The third kappa shape index (κ3) is 44.0. The summed E-state index contributed by atoms with van der Waals surface area (Å²) in [5, 5.41) is 0. The number of rotatable bonds is 45. The predicted molar refractivity (Wildman–Crippen MR) is 247 cm³/mol. The van der Waals surface area contributed by atoms with Crippen molar-refractivity contribution in [1.29, 1.82) is 0 Å². The zero-order valence-electron chi connectivity index (χ0n) is 39.8. The number of carbonyl (C=O) groups is 3. The molecular formula is C52H100O6. The van der Waals surface area contributed by atoms with E-state index in [0.717, 1.165) is 75.5 Å². The molecule has 0 aliphatic carbocycles. The Kier molecular flexibility index (Phi) is 42.3. The quantitative estimate of drug-likeness (QED) is 0.0346. The van der Waals surface area contributed by atoms with Crippen LogP contribution in [0.5, 0.6) is 0 Å². The van der Waals surface area contributed by atoms with Crippen molar-refractivity contribution in [3.8, 4) is 0 Å². The third-order valence-electron chi connectivity index (χ3n) is 12.0. The highest BCUT2D eigenvalue weighted by atomic mass is 16.6. The molecule has 0 aromatic rings. The van der Waals surface area contributed by atoms with E-state index in [9.17, 15) is 14.4 Å². The molecule has 0 saturated heterocycles. The van der Waals surface area contributed by atoms with E-state index in [-0.39, 0.29) is 31.1 Å². The zero-order valence-corrected chi connectivity index (χ0v) is 39.8. The van der Waals surface area contributed by atoms with Crippen LogP contribution in [0.25, 0.3) is 0 Å². The van der Waals surface area contributed by atoms with Crippen LogP contribution < -0.4 is 0 Å². The van der Waals surface area contributed by atoms with Gasteiger partial charge in [-0.15, -0.1) is 0 Å². The van der Waals surface area contributed by atoms with E-state index >= 15 is 0 Å². The number of hydrogen-bond acceptors (Lipinski definition) is 6. The van der Waals surface area contributed by atoms with Gasteiger partial charge in [-0.3, -0.25) is 14.4 Å². The standard InChI is InChI=1S/C52H100O6/c1-7-48(6)40-34-28-24-25-30-36-42-51(54)57-45-49(58-52(55)43-37-31-23-19-15-17-21-27-33-39-47(4)5)44-56-50(53)41-35-29-22-18-14-12-10-8-9-11-13-16-20-26-32-38-46(2)3/h46-49H,7-45H2,1-6H3/t48?,49-/m1/s1. The van der Waals surface area contributed by atoms with Crippen LogP contribution >= 0.6 is 0 Å². The summed E-state index contributed by atoms with van der Waals surface area (Å²) in [7, 11) is 0. The Hall–Kier alpha value is -1.59. The highest BCUT2D eigenvalue weighted by molar-refractivity contribution is 5.71. The second-order valence-corrected chi connectivity index (χ2v) is 19.0. The summed E-state index contributed by atoms with van der Waals surface area (Å²) >= 11 is 0. The Labute approximate surface area is 361 Å². The van der Waals surface area contributed by atoms with E-state index in [4.69, 9.17) is 14.2 Å². The van der Waals surface area contributed by atoms with Crippen molar-refractivity contribution in [2.75, 3.05) is 13.2 Å². The lowest BCUT2D eigenvalue weighted by molar-refractivity contribution is -0.167. The van der Waals surface area contributed by atoms with E-state index in [2.05, 4.69) is 41.5 Å². The van der Waals surface area contributed by atoms with Crippen LogP contribution in [0.2, 0.25) is 0 Å². The molecule has 344 valence electrons. The van der Waals surface area contributed by atoms with Crippen LogP contribution in [-0.4, -0.2) is 37.2 Å². The van der Waals surface area contributed by atoms with Gasteiger partial charge in [0.1, 0.15) is 13.2 Å². The van der Waals surface area contributed by atoms with E-state index in [1.165, 1.54) is 161 Å². The Morgan fingerprint density at radius 2 is 0.603 bits per heavy atom. The number of hydrogen-bond donors (Lipinski definition) is 0. The van der Waals surface area contributed by atoms with Crippen molar-refractivity contribution in [3.05, 3.63) is 0 Å². The number of esters is 3. The van der Waals surface area contributed by atoms with Gasteiger partial charge in [0.15, 0.2) is 6.10 Å². The summed E-state index contributed by atoms with van der Waals surface area (Å²) in [4.78, 5) is 37.9. The first-order chi connectivity index (χ1) is 28.1. The molecule has 0 heterocycles. The minimum Gasteiger partial charge on any atom is -0.462 e. The minimum absolute atomic E-state index is 0.0655. The van der Waals surface area contributed by atoms with Gasteiger partial charge in [-0.2, -0.15) is 0 Å². The van der Waals surface area contributed by atoms with Crippen molar-refractivity contribution >= 4 is 17.9 Å². The molecule has 2 atom stereocenters. The molecule has 0 aliphatic heterocycles. The van der Waals surface area contributed by atoms with Crippen LogP contribution in [-0.2, 0) is 28.6 Å². The van der Waals surface area contributed by atoms with Gasteiger partial charge in [-0.05, 0) is 37.0 Å². The second-order valence-electron chi connectivity index (χ2n) is 19.0. The van der Waals surface area contributed by atoms with Crippen LogP contribution in [0.15, 0.2) is 0 Å². The van der Waals surface area contributed by atoms with Gasteiger partial charge in [-0.25, -0.2) is 0 Å². The molecule has 0 spiro atoms. The minimum atomic E-state index is -0.763. The molecule has 0 aromatic carbocycles. The fraction of sp³-hybridized carbons (Fsp3) is 0.942. The fourth-order valence-electron chi connectivity index (χ4n) is 7.73. The molecule has 58 heavy (non-hydrogen) atoms. The Balaban J connectivity index is 4.27. The predicted octanol–water partition coefficient (Wildman–Crippen LogP) is 16.4. The van der Waals surface area contributed by atoms with Crippen LogP contribution in [0.3, 0.4) is 0 Å². The number of unbranched alkanes of at least 4 members (excludes halogenated alkanes) is 27. The van der Waals surface area contributed by atoms with E-state index in [0.29, 0.717) is 19.3 Å². The van der Waals surface area contributed by atoms with Gasteiger partial charge < -0.3 is 14.2 Å². The largest absolute Gasteiger partial charge is 0.462 e. The molecule has 0 aliphatic rings. The van der Waals surface area contributed by atoms with Crippen molar-refractivity contribution < 1.29 is 28.6 Å². The molecule has 0 fully saturated rings. The first-order valence-corrected chi connectivity index (χ1v) is 25.6. The van der Waals surface area contributed by atoms with Gasteiger partial charge in [0.2, 0.25) is 0 Å². The average molecular weight is 821 g/mol. The number of ether oxygens (including phenoxy) is 3. The SMILES string of the molecule is CCC(C)CCCCCCCCC(=O)OC[C@@H](COC(=O)CCCCCCCCCCCCCCCCCC(C)C)OC(=O)CCCCCCCCCCCC(C)C. The molecule has 6 nitrogen and oxygen atoms in total. The maximum atomic E-state index is 12.7. The topological polar surface area (TPSA) is 78.9 Å². The zero-order chi connectivity index (χ0) is 42.7. The molecule has 0 rings (SSSR count). The molecule has 1 unspecified atom stereocenters. The molecule has 6 heteroatoms. The van der Waals surface area contributed by atoms with Crippen molar-refractivity contribution in [3.63, 3.8) is 0 Å². The molecule has 0 bridgehead atoms. The fourth-order valence-corrected chi connectivity index (χ4v) is 7.73. The number of carbonyl (C=O) groups excluding carboxylic acids is 3. The summed E-state index contributed by atoms with van der Waals surface area (Å²) in [6.07, 6.45) is 42.4. The van der Waals surface area contributed by atoms with Gasteiger partial charge in [0.05, 0.1) is 0 Å². The Morgan fingerprint density at radius 3 is 0.897 bits per heavy atom. The lowest BCUT2D eigenvalue weighted by Crippen LogP contribution is -2.30. The maximum Gasteiger partial charge on any atom is 0.306 e. The van der Waals surface area contributed by atoms with Gasteiger partial charge in [0, 0.05) is 19.3 Å². The average Bonchev–Trinajstić information content (AvgIpc) is 3.19. The molecule has 0 radical (unpaired) electrons. The van der Waals surface area contributed by atoms with Crippen molar-refractivity contribution in [1.82, 2.24) is 0 Å². The third-order valence-corrected chi connectivity index (χ3v) is 12.0. The summed E-state index contributed by atoms with van der Waals surface area (Å²) < 4.78 is 16.8. The molecule has 0 saturated carbocycles. The van der Waals surface area contributed by atoms with Crippen LogP contribution in [0.4, 0.5) is 0 Å². The van der Waals surface area contributed by atoms with Crippen LogP contribution in [0, 0.1) is 17.8 Å². The Morgan fingerprint density at radius 1 is 0.345 bits per heavy atom. The highest BCUT2D eigenvalue weighted by Gasteiger charge is 2.19. The summed E-state index contributed by atoms with van der Waals surface area (Å²) in [5.41, 5.74) is 0. The lowest BCUT2D eigenvalue weighted by atomic mass is 10.00. The lowest BCUT2D eigenvalue weighted by Gasteiger charge is -2.18. The second kappa shape index (κ2) is 43.5. The molecule has 0 N–H and O–H groups in total. The Bertz CT molecular complexity index is 900. The van der Waals surface area contributed by atoms with E-state index < -0.39 is 6.10 Å². The first kappa shape index (κ1) is 56.4. The smallest absolute Gasteiger partial charge is 0.306 e. The monoisotopic (exact) mass is 821 g/mol. The summed E-state index contributed by atoms with van der Waals surface area (Å²) in [6.45, 7) is 13.7. The van der Waals surface area contributed by atoms with Gasteiger partial charge >= 0.3 is 17.9 Å². The maximum absolute atomic E-state index is 12.7.